The second-order valence-corrected chi connectivity index (χ2v) is 5.99. The number of hydrogen-bond acceptors (Lipinski definition) is 2. The second kappa shape index (κ2) is 6.46. The minimum absolute atomic E-state index is 0.0864. The first-order valence-electron chi connectivity index (χ1n) is 7.65. The molecule has 1 aromatic rings. The quantitative estimate of drug-likeness (QED) is 0.782. The van der Waals surface area contributed by atoms with E-state index in [9.17, 15) is 13.6 Å². The molecule has 0 bridgehead atoms. The Bertz CT molecular complexity index is 536. The summed E-state index contributed by atoms with van der Waals surface area (Å²) in [7, 11) is 0. The molecule has 2 aliphatic rings. The Morgan fingerprint density at radius 1 is 1.14 bits per heavy atom. The van der Waals surface area contributed by atoms with Gasteiger partial charge >= 0.3 is 6.61 Å². The summed E-state index contributed by atoms with van der Waals surface area (Å²) in [5.74, 6) is 1.35. The highest BCUT2D eigenvalue weighted by Gasteiger charge is 2.41. The van der Waals surface area contributed by atoms with Crippen LogP contribution in [-0.2, 0) is 4.79 Å². The van der Waals surface area contributed by atoms with Gasteiger partial charge in [-0.25, -0.2) is 0 Å². The standard InChI is InChI=1S/C17H19F2NO2/c18-17(19)22-14-8-1-11(2-9-14)3-10-15(21)20-16(12-4-5-12)13-6-7-13/h1-3,8-10,12-13,16-17H,4-7H2,(H,20,21)/b10-3+. The van der Waals surface area contributed by atoms with Gasteiger partial charge in [0.2, 0.25) is 5.91 Å². The highest BCUT2D eigenvalue weighted by molar-refractivity contribution is 5.92. The third kappa shape index (κ3) is 4.29. The van der Waals surface area contributed by atoms with Crippen molar-refractivity contribution in [2.24, 2.45) is 11.8 Å². The summed E-state index contributed by atoms with van der Waals surface area (Å²) in [6.07, 6.45) is 8.06. The Hall–Kier alpha value is -1.91. The predicted molar refractivity (Wildman–Crippen MR) is 79.5 cm³/mol. The molecule has 1 N–H and O–H groups in total. The lowest BCUT2D eigenvalue weighted by Crippen LogP contribution is -2.37. The van der Waals surface area contributed by atoms with Crippen molar-refractivity contribution in [1.82, 2.24) is 5.32 Å². The summed E-state index contributed by atoms with van der Waals surface area (Å²) >= 11 is 0. The average molecular weight is 307 g/mol. The van der Waals surface area contributed by atoms with Gasteiger partial charge in [0, 0.05) is 12.1 Å². The molecule has 0 aliphatic heterocycles. The van der Waals surface area contributed by atoms with Crippen molar-refractivity contribution in [3.8, 4) is 5.75 Å². The van der Waals surface area contributed by atoms with Crippen LogP contribution in [0.3, 0.4) is 0 Å². The molecule has 0 aromatic heterocycles. The number of halogens is 2. The second-order valence-electron chi connectivity index (χ2n) is 5.99. The first-order chi connectivity index (χ1) is 10.6. The molecule has 2 aliphatic carbocycles. The zero-order valence-corrected chi connectivity index (χ0v) is 12.2. The SMILES string of the molecule is O=C(/C=C/c1ccc(OC(F)F)cc1)NC(C1CC1)C1CC1. The number of ether oxygens (including phenoxy) is 1. The summed E-state index contributed by atoms with van der Waals surface area (Å²) in [5, 5.41) is 3.10. The van der Waals surface area contributed by atoms with Crippen molar-refractivity contribution in [3.63, 3.8) is 0 Å². The first-order valence-corrected chi connectivity index (χ1v) is 7.65. The molecule has 1 aromatic carbocycles. The number of hydrogen-bond donors (Lipinski definition) is 1. The Kier molecular flexibility index (Phi) is 4.41. The smallest absolute Gasteiger partial charge is 0.387 e. The lowest BCUT2D eigenvalue weighted by molar-refractivity contribution is -0.117. The van der Waals surface area contributed by atoms with Crippen molar-refractivity contribution >= 4 is 12.0 Å². The van der Waals surface area contributed by atoms with E-state index in [1.807, 2.05) is 0 Å². The fraction of sp³-hybridized carbons (Fsp3) is 0.471. The number of rotatable bonds is 7. The normalized spacial score (nSPS) is 18.2. The third-order valence-electron chi connectivity index (χ3n) is 4.10. The zero-order chi connectivity index (χ0) is 15.5. The van der Waals surface area contributed by atoms with Gasteiger partial charge in [-0.3, -0.25) is 4.79 Å². The van der Waals surface area contributed by atoms with Crippen LogP contribution >= 0.6 is 0 Å². The van der Waals surface area contributed by atoms with Crippen LogP contribution < -0.4 is 10.1 Å². The summed E-state index contributed by atoms with van der Waals surface area (Å²) in [6.45, 7) is -2.83. The number of carbonyl (C=O) groups excluding carboxylic acids is 1. The van der Waals surface area contributed by atoms with Crippen LogP contribution in [0.15, 0.2) is 30.3 Å². The highest BCUT2D eigenvalue weighted by atomic mass is 19.3. The molecule has 0 unspecified atom stereocenters. The maximum Gasteiger partial charge on any atom is 0.387 e. The molecule has 3 nitrogen and oxygen atoms in total. The fourth-order valence-corrected chi connectivity index (χ4v) is 2.68. The van der Waals surface area contributed by atoms with E-state index in [1.54, 1.807) is 18.2 Å². The van der Waals surface area contributed by atoms with E-state index in [4.69, 9.17) is 0 Å². The molecular formula is C17H19F2NO2. The summed E-state index contributed by atoms with van der Waals surface area (Å²) in [5.41, 5.74) is 0.770. The van der Waals surface area contributed by atoms with Gasteiger partial charge in [0.1, 0.15) is 5.75 Å². The molecule has 0 spiro atoms. The van der Waals surface area contributed by atoms with Crippen molar-refractivity contribution in [2.75, 3.05) is 0 Å². The monoisotopic (exact) mass is 307 g/mol. The largest absolute Gasteiger partial charge is 0.435 e. The number of amides is 1. The van der Waals surface area contributed by atoms with Gasteiger partial charge in [0.05, 0.1) is 0 Å². The maximum absolute atomic E-state index is 12.0. The van der Waals surface area contributed by atoms with Gasteiger partial charge in [-0.2, -0.15) is 8.78 Å². The molecule has 1 amide bonds. The Balaban J connectivity index is 1.52. The van der Waals surface area contributed by atoms with Gasteiger partial charge in [-0.05, 0) is 61.3 Å². The number of nitrogens with one attached hydrogen (secondary N) is 1. The summed E-state index contributed by atoms with van der Waals surface area (Å²) in [4.78, 5) is 12.0. The van der Waals surface area contributed by atoms with Crippen molar-refractivity contribution < 1.29 is 18.3 Å². The number of benzene rings is 1. The lowest BCUT2D eigenvalue weighted by atomic mass is 10.1. The van der Waals surface area contributed by atoms with Crippen LogP contribution in [-0.4, -0.2) is 18.6 Å². The molecule has 2 fully saturated rings. The molecule has 0 atom stereocenters. The average Bonchev–Trinajstić information content (AvgIpc) is 3.37. The molecule has 2 saturated carbocycles. The van der Waals surface area contributed by atoms with Crippen LogP contribution in [0, 0.1) is 11.8 Å². The van der Waals surface area contributed by atoms with Crippen LogP contribution in [0.2, 0.25) is 0 Å². The van der Waals surface area contributed by atoms with E-state index in [2.05, 4.69) is 10.1 Å². The molecule has 3 rings (SSSR count). The van der Waals surface area contributed by atoms with Crippen LogP contribution in [0.25, 0.3) is 6.08 Å². The molecule has 118 valence electrons. The fourth-order valence-electron chi connectivity index (χ4n) is 2.68. The molecular weight excluding hydrogens is 288 g/mol. The highest BCUT2D eigenvalue weighted by Crippen LogP contribution is 2.44. The lowest BCUT2D eigenvalue weighted by Gasteiger charge is -2.16. The first kappa shape index (κ1) is 15.0. The Morgan fingerprint density at radius 3 is 2.23 bits per heavy atom. The van der Waals surface area contributed by atoms with E-state index >= 15 is 0 Å². The summed E-state index contributed by atoms with van der Waals surface area (Å²) < 4.78 is 28.4. The molecule has 0 heterocycles. The maximum atomic E-state index is 12.0. The van der Waals surface area contributed by atoms with Crippen molar-refractivity contribution in [3.05, 3.63) is 35.9 Å². The van der Waals surface area contributed by atoms with Gasteiger partial charge in [-0.15, -0.1) is 0 Å². The van der Waals surface area contributed by atoms with Gasteiger partial charge < -0.3 is 10.1 Å². The molecule has 5 heteroatoms. The zero-order valence-electron chi connectivity index (χ0n) is 12.2. The predicted octanol–water partition coefficient (Wildman–Crippen LogP) is 3.61. The van der Waals surface area contributed by atoms with E-state index in [0.29, 0.717) is 17.9 Å². The molecule has 0 saturated heterocycles. The van der Waals surface area contributed by atoms with Gasteiger partial charge in [-0.1, -0.05) is 12.1 Å². The van der Waals surface area contributed by atoms with Crippen LogP contribution in [0.5, 0.6) is 5.75 Å². The molecule has 0 radical (unpaired) electrons. The minimum Gasteiger partial charge on any atom is -0.435 e. The number of alkyl halides is 2. The van der Waals surface area contributed by atoms with E-state index in [1.165, 1.54) is 43.9 Å². The number of carbonyl (C=O) groups is 1. The van der Waals surface area contributed by atoms with Gasteiger partial charge in [0.25, 0.3) is 0 Å². The van der Waals surface area contributed by atoms with Crippen molar-refractivity contribution in [2.45, 2.75) is 38.3 Å². The topological polar surface area (TPSA) is 38.3 Å². The van der Waals surface area contributed by atoms with Crippen molar-refractivity contribution in [1.29, 1.82) is 0 Å². The van der Waals surface area contributed by atoms with Crippen LogP contribution in [0.1, 0.15) is 31.2 Å². The third-order valence-corrected chi connectivity index (χ3v) is 4.10. The van der Waals surface area contributed by atoms with E-state index < -0.39 is 6.61 Å². The van der Waals surface area contributed by atoms with Gasteiger partial charge in [0.15, 0.2) is 0 Å². The Morgan fingerprint density at radius 2 is 1.73 bits per heavy atom. The van der Waals surface area contributed by atoms with E-state index in [0.717, 1.165) is 5.56 Å². The minimum atomic E-state index is -2.83. The van der Waals surface area contributed by atoms with E-state index in [-0.39, 0.29) is 11.7 Å². The summed E-state index contributed by atoms with van der Waals surface area (Å²) in [6, 6.07) is 6.53. The van der Waals surface area contributed by atoms with Crippen LogP contribution in [0.4, 0.5) is 8.78 Å². The Labute approximate surface area is 128 Å². The molecule has 22 heavy (non-hydrogen) atoms.